The fourth-order valence-corrected chi connectivity index (χ4v) is 14.3. The summed E-state index contributed by atoms with van der Waals surface area (Å²) in [6.07, 6.45) is 2.38. The minimum atomic E-state index is -0.211. The first-order valence-corrected chi connectivity index (χ1v) is 23.4. The molecule has 0 amide bonds. The normalized spacial score (nSPS) is 17.1. The molecule has 0 fully saturated rings. The van der Waals surface area contributed by atoms with Gasteiger partial charge in [0.2, 0.25) is 0 Å². The van der Waals surface area contributed by atoms with Crippen LogP contribution in [0.3, 0.4) is 0 Å². The van der Waals surface area contributed by atoms with E-state index < -0.39 is 0 Å². The van der Waals surface area contributed by atoms with Gasteiger partial charge >= 0.3 is 6.85 Å². The van der Waals surface area contributed by atoms with Crippen LogP contribution in [0.5, 0.6) is 0 Å². The number of aromatic nitrogens is 1. The van der Waals surface area contributed by atoms with Crippen molar-refractivity contribution in [2.24, 2.45) is 0 Å². The van der Waals surface area contributed by atoms with Gasteiger partial charge in [0.25, 0.3) is 0 Å². The summed E-state index contributed by atoms with van der Waals surface area (Å²) < 4.78 is 5.42. The molecule has 0 spiro atoms. The fraction of sp³-hybridized carbons (Fsp3) is 0.207. The summed E-state index contributed by atoms with van der Waals surface area (Å²) >= 11 is 1.99. The number of aryl methyl sites for hydroxylation is 1. The molecule has 0 N–H and O–H groups in total. The van der Waals surface area contributed by atoms with E-state index in [0.717, 1.165) is 0 Å². The van der Waals surface area contributed by atoms with E-state index in [1.165, 1.54) is 144 Å². The van der Waals surface area contributed by atoms with Crippen LogP contribution in [0.1, 0.15) is 82.2 Å². The highest BCUT2D eigenvalue weighted by molar-refractivity contribution is 7.26. The molecule has 0 saturated carbocycles. The zero-order chi connectivity index (χ0) is 41.8. The lowest BCUT2D eigenvalue weighted by molar-refractivity contribution is 0.332. The Labute approximate surface area is 367 Å². The summed E-state index contributed by atoms with van der Waals surface area (Å²) in [5, 5.41) is 7.97. The Morgan fingerprint density at radius 3 is 2.13 bits per heavy atom. The van der Waals surface area contributed by atoms with E-state index in [2.05, 4.69) is 191 Å². The van der Waals surface area contributed by atoms with E-state index in [0.29, 0.717) is 0 Å². The standard InChI is InChI=1S/C58H47BN2S/c1-32-29-41-42(57(4,5)28-27-56(41,2)3)31-46(32)61-45-26-24-37-35-17-10-12-20-40(35)58(6,7)52(37)50(45)51-53-47(30-39-36-18-11-13-22-48(36)62-55(39)51)60-44-25-23-33-15-8-9-16-34(33)49(44)38-19-14-21-43(54(38)60)59(53)61/h8-26,29-31H,27-28H2,1-7H3. The lowest BCUT2D eigenvalue weighted by Gasteiger charge is -2.46. The zero-order valence-corrected chi connectivity index (χ0v) is 37.3. The van der Waals surface area contributed by atoms with Gasteiger partial charge in [-0.1, -0.05) is 145 Å². The second kappa shape index (κ2) is 11.5. The highest BCUT2D eigenvalue weighted by Crippen LogP contribution is 2.59. The van der Waals surface area contributed by atoms with Crippen LogP contribution in [0.2, 0.25) is 0 Å². The maximum absolute atomic E-state index is 2.82. The molecule has 2 nitrogen and oxygen atoms in total. The molecule has 10 aromatic rings. The number of para-hydroxylation sites is 1. The lowest BCUT2D eigenvalue weighted by atomic mass is 9.43. The molecule has 4 heteroatoms. The second-order valence-corrected chi connectivity index (χ2v) is 21.7. The smallest absolute Gasteiger partial charge is 0.333 e. The predicted molar refractivity (Wildman–Crippen MR) is 268 cm³/mol. The van der Waals surface area contributed by atoms with E-state index in [4.69, 9.17) is 0 Å². The van der Waals surface area contributed by atoms with Gasteiger partial charge in [-0.3, -0.25) is 0 Å². The first-order chi connectivity index (χ1) is 29.9. The maximum Gasteiger partial charge on any atom is 0.333 e. The number of anilines is 2. The van der Waals surface area contributed by atoms with Gasteiger partial charge in [-0.15, -0.1) is 11.3 Å². The van der Waals surface area contributed by atoms with Crippen LogP contribution in [-0.2, 0) is 16.2 Å². The van der Waals surface area contributed by atoms with Crippen molar-refractivity contribution in [1.82, 2.24) is 4.57 Å². The van der Waals surface area contributed by atoms with E-state index in [1.54, 1.807) is 0 Å². The quantitative estimate of drug-likeness (QED) is 0.150. The van der Waals surface area contributed by atoms with Crippen molar-refractivity contribution in [2.75, 3.05) is 4.81 Å². The Balaban J connectivity index is 1.22. The van der Waals surface area contributed by atoms with Crippen LogP contribution in [0.4, 0.5) is 11.4 Å². The second-order valence-electron chi connectivity index (χ2n) is 20.7. The molecule has 14 rings (SSSR count). The van der Waals surface area contributed by atoms with Crippen molar-refractivity contribution in [3.8, 4) is 27.9 Å². The highest BCUT2D eigenvalue weighted by Gasteiger charge is 2.49. The third-order valence-corrected chi connectivity index (χ3v) is 17.3. The van der Waals surface area contributed by atoms with Gasteiger partial charge in [0.05, 0.1) is 11.0 Å². The molecule has 4 aliphatic rings. The number of hydrogen-bond acceptors (Lipinski definition) is 2. The van der Waals surface area contributed by atoms with E-state index >= 15 is 0 Å². The molecule has 298 valence electrons. The third-order valence-electron chi connectivity index (χ3n) is 16.1. The molecule has 0 bridgehead atoms. The summed E-state index contributed by atoms with van der Waals surface area (Å²) in [5.41, 5.74) is 22.2. The van der Waals surface area contributed by atoms with Gasteiger partial charge in [-0.25, -0.2) is 0 Å². The van der Waals surface area contributed by atoms with Crippen molar-refractivity contribution in [2.45, 2.75) is 77.6 Å². The van der Waals surface area contributed by atoms with Crippen LogP contribution in [0, 0.1) is 6.92 Å². The Kier molecular flexibility index (Phi) is 6.57. The van der Waals surface area contributed by atoms with E-state index in [1.807, 2.05) is 11.3 Å². The molecule has 0 saturated heterocycles. The molecule has 62 heavy (non-hydrogen) atoms. The summed E-state index contributed by atoms with van der Waals surface area (Å²) in [5.74, 6) is 0. The van der Waals surface area contributed by atoms with Crippen molar-refractivity contribution in [3.63, 3.8) is 0 Å². The van der Waals surface area contributed by atoms with Crippen LogP contribution in [0.25, 0.3) is 80.7 Å². The van der Waals surface area contributed by atoms with Crippen LogP contribution in [0.15, 0.2) is 133 Å². The average Bonchev–Trinajstić information content (AvgIpc) is 3.90. The number of nitrogens with zero attached hydrogens (tertiary/aromatic N) is 2. The predicted octanol–water partition coefficient (Wildman–Crippen LogP) is 14.5. The molecule has 0 atom stereocenters. The minimum absolute atomic E-state index is 0.0460. The monoisotopic (exact) mass is 814 g/mol. The maximum atomic E-state index is 2.82. The molecule has 0 radical (unpaired) electrons. The number of benzene rings is 8. The average molecular weight is 815 g/mol. The molecule has 8 aromatic carbocycles. The molecule has 4 heterocycles. The zero-order valence-electron chi connectivity index (χ0n) is 36.5. The number of thiophene rings is 1. The summed E-state index contributed by atoms with van der Waals surface area (Å²) in [7, 11) is 0. The topological polar surface area (TPSA) is 8.17 Å². The first kappa shape index (κ1) is 35.5. The lowest BCUT2D eigenvalue weighted by Crippen LogP contribution is -2.61. The molecule has 2 aromatic heterocycles. The SMILES string of the molecule is Cc1cc2c(cc1N1B3c4c(cc5c(sc6ccccc65)c4-c4c1ccc1c4C(C)(C)c4ccccc4-1)-n1c4ccc5ccccc5c4c4cccc3c41)C(C)(C)CCC2(C)C. The van der Waals surface area contributed by atoms with Gasteiger partial charge in [-0.2, -0.15) is 0 Å². The molecule has 2 aliphatic heterocycles. The highest BCUT2D eigenvalue weighted by atomic mass is 32.1. The van der Waals surface area contributed by atoms with Crippen molar-refractivity contribution >= 4 is 93.2 Å². The Bertz CT molecular complexity index is 3710. The number of hydrogen-bond donors (Lipinski definition) is 0. The van der Waals surface area contributed by atoms with Gasteiger partial charge in [0.1, 0.15) is 0 Å². The summed E-state index contributed by atoms with van der Waals surface area (Å²) in [4.78, 5) is 2.82. The van der Waals surface area contributed by atoms with Gasteiger partial charge in [0.15, 0.2) is 0 Å². The molecular formula is C58H47BN2S. The largest absolute Gasteiger partial charge is 0.376 e. The van der Waals surface area contributed by atoms with Crippen LogP contribution < -0.4 is 15.7 Å². The van der Waals surface area contributed by atoms with Gasteiger partial charge < -0.3 is 9.38 Å². The summed E-state index contributed by atoms with van der Waals surface area (Å²) in [6.45, 7) is 17.2. The number of fused-ring (bicyclic) bond motifs is 18. The third kappa shape index (κ3) is 4.18. The molecule has 2 aliphatic carbocycles. The van der Waals surface area contributed by atoms with Crippen LogP contribution in [-0.4, -0.2) is 11.4 Å². The van der Waals surface area contributed by atoms with Crippen LogP contribution >= 0.6 is 11.3 Å². The Morgan fingerprint density at radius 1 is 0.565 bits per heavy atom. The molecule has 0 unspecified atom stereocenters. The summed E-state index contributed by atoms with van der Waals surface area (Å²) in [6, 6.07) is 52.0. The molecular weight excluding hydrogens is 768 g/mol. The minimum Gasteiger partial charge on any atom is -0.376 e. The number of rotatable bonds is 1. The van der Waals surface area contributed by atoms with Crippen molar-refractivity contribution < 1.29 is 0 Å². The van der Waals surface area contributed by atoms with Crippen molar-refractivity contribution in [3.05, 3.63) is 161 Å². The Hall–Kier alpha value is -6.10. The fourth-order valence-electron chi connectivity index (χ4n) is 13.0. The first-order valence-electron chi connectivity index (χ1n) is 22.6. The van der Waals surface area contributed by atoms with Gasteiger partial charge in [-0.05, 0) is 122 Å². The van der Waals surface area contributed by atoms with Crippen molar-refractivity contribution in [1.29, 1.82) is 0 Å². The van der Waals surface area contributed by atoms with E-state index in [9.17, 15) is 0 Å². The van der Waals surface area contributed by atoms with Gasteiger partial charge in [0, 0.05) is 64.5 Å². The van der Waals surface area contributed by atoms with E-state index in [-0.39, 0.29) is 23.1 Å². The Morgan fingerprint density at radius 2 is 1.29 bits per heavy atom.